The molecule has 11 heteroatoms. The summed E-state index contributed by atoms with van der Waals surface area (Å²) in [6.07, 6.45) is 4.48. The Bertz CT molecular complexity index is 1180. The Morgan fingerprint density at radius 3 is 2.61 bits per heavy atom. The Hall–Kier alpha value is -3.47. The van der Waals surface area contributed by atoms with Crippen LogP contribution in [0.15, 0.2) is 29.6 Å². The largest absolute Gasteiger partial charge is 0.508 e. The van der Waals surface area contributed by atoms with Crippen molar-refractivity contribution in [2.24, 2.45) is 5.92 Å². The van der Waals surface area contributed by atoms with Gasteiger partial charge in [0.25, 0.3) is 5.91 Å². The van der Waals surface area contributed by atoms with Crippen LogP contribution in [-0.4, -0.2) is 64.4 Å². The van der Waals surface area contributed by atoms with E-state index in [1.165, 1.54) is 37.4 Å². The number of benzene rings is 1. The van der Waals surface area contributed by atoms with E-state index >= 15 is 0 Å². The Labute approximate surface area is 225 Å². The summed E-state index contributed by atoms with van der Waals surface area (Å²) in [5.41, 5.74) is 0.613. The van der Waals surface area contributed by atoms with Crippen LogP contribution in [0, 0.1) is 5.92 Å². The van der Waals surface area contributed by atoms with Gasteiger partial charge < -0.3 is 25.4 Å². The zero-order chi connectivity index (χ0) is 27.2. The molecule has 2 fully saturated rings. The molecule has 0 spiro atoms. The van der Waals surface area contributed by atoms with E-state index in [2.05, 4.69) is 15.6 Å². The number of thiazole rings is 1. The third kappa shape index (κ3) is 6.32. The average Bonchev–Trinajstić information content (AvgIpc) is 3.61. The highest BCUT2D eigenvalue weighted by molar-refractivity contribution is 7.10. The topological polar surface area (TPSA) is 138 Å². The first-order valence-corrected chi connectivity index (χ1v) is 13.9. The predicted molar refractivity (Wildman–Crippen MR) is 141 cm³/mol. The second-order valence-electron chi connectivity index (χ2n) is 9.82. The minimum absolute atomic E-state index is 0.00436. The molecule has 38 heavy (non-hydrogen) atoms. The molecule has 1 aromatic carbocycles. The number of phenolic OH excluding ortho intramolecular Hbond substituents is 1. The van der Waals surface area contributed by atoms with Crippen molar-refractivity contribution >= 4 is 35.0 Å². The summed E-state index contributed by atoms with van der Waals surface area (Å²) >= 11 is 1.33. The summed E-state index contributed by atoms with van der Waals surface area (Å²) in [6.45, 7) is 2.01. The van der Waals surface area contributed by atoms with Gasteiger partial charge in [-0.05, 0) is 50.7 Å². The molecular weight excluding hydrogens is 508 g/mol. The molecule has 2 unspecified atom stereocenters. The standard InChI is InChI=1S/C27H34N4O6S/c1-16(37-27(36)28-2)24(34)30-22(17-8-4-3-5-9-17)26(35)31-13-7-12-21(31)25-29-20(15-38-25)23(33)18-10-6-11-19(32)14-18/h6,10-11,14-17,21-22,32H,3-5,7-9,12-13H2,1-2H3,(H,28,36)(H,30,34)/t16?,21-,22?/m0/s1. The number of ether oxygens (including phenoxy) is 1. The van der Waals surface area contributed by atoms with Gasteiger partial charge in [0, 0.05) is 24.5 Å². The van der Waals surface area contributed by atoms with E-state index in [0.717, 1.165) is 38.5 Å². The van der Waals surface area contributed by atoms with Crippen molar-refractivity contribution in [3.05, 3.63) is 45.9 Å². The molecule has 3 amide bonds. The molecule has 1 aliphatic carbocycles. The molecule has 4 rings (SSSR count). The zero-order valence-electron chi connectivity index (χ0n) is 21.6. The number of aromatic hydroxyl groups is 1. The van der Waals surface area contributed by atoms with Gasteiger partial charge in [-0.1, -0.05) is 31.4 Å². The first kappa shape index (κ1) is 27.6. The molecule has 1 saturated carbocycles. The first-order chi connectivity index (χ1) is 18.3. The molecule has 0 bridgehead atoms. The molecule has 10 nitrogen and oxygen atoms in total. The van der Waals surface area contributed by atoms with Crippen molar-refractivity contribution in [1.82, 2.24) is 20.5 Å². The number of alkyl carbamates (subject to hydrolysis) is 1. The van der Waals surface area contributed by atoms with E-state index in [9.17, 15) is 24.3 Å². The Morgan fingerprint density at radius 1 is 1.13 bits per heavy atom. The van der Waals surface area contributed by atoms with Crippen LogP contribution >= 0.6 is 11.3 Å². The van der Waals surface area contributed by atoms with Crippen molar-refractivity contribution in [2.45, 2.75) is 70.1 Å². The molecule has 2 heterocycles. The van der Waals surface area contributed by atoms with Crippen LogP contribution in [0.5, 0.6) is 5.75 Å². The summed E-state index contributed by atoms with van der Waals surface area (Å²) in [5, 5.41) is 17.3. The van der Waals surface area contributed by atoms with Crippen molar-refractivity contribution < 1.29 is 29.0 Å². The second kappa shape index (κ2) is 12.4. The highest BCUT2D eigenvalue weighted by Crippen LogP contribution is 2.36. The molecule has 3 atom stereocenters. The monoisotopic (exact) mass is 542 g/mol. The highest BCUT2D eigenvalue weighted by Gasteiger charge is 2.40. The van der Waals surface area contributed by atoms with Crippen LogP contribution in [0.3, 0.4) is 0 Å². The fourth-order valence-corrected chi connectivity index (χ4v) is 6.14. The lowest BCUT2D eigenvalue weighted by Crippen LogP contribution is -2.54. The lowest BCUT2D eigenvalue weighted by Gasteiger charge is -2.35. The van der Waals surface area contributed by atoms with Gasteiger partial charge in [-0.15, -0.1) is 11.3 Å². The number of phenols is 1. The molecule has 1 aromatic heterocycles. The summed E-state index contributed by atoms with van der Waals surface area (Å²) in [5.74, 6) is -0.980. The third-order valence-electron chi connectivity index (χ3n) is 7.23. The number of carbonyl (C=O) groups excluding carboxylic acids is 4. The normalized spacial score (nSPS) is 19.4. The number of nitrogens with one attached hydrogen (secondary N) is 2. The maximum Gasteiger partial charge on any atom is 0.407 e. The third-order valence-corrected chi connectivity index (χ3v) is 8.17. The van der Waals surface area contributed by atoms with E-state index in [4.69, 9.17) is 4.74 Å². The summed E-state index contributed by atoms with van der Waals surface area (Å²) in [4.78, 5) is 57.7. The van der Waals surface area contributed by atoms with Gasteiger partial charge in [-0.25, -0.2) is 9.78 Å². The van der Waals surface area contributed by atoms with Crippen LogP contribution in [0.2, 0.25) is 0 Å². The van der Waals surface area contributed by atoms with Crippen molar-refractivity contribution in [3.63, 3.8) is 0 Å². The van der Waals surface area contributed by atoms with E-state index < -0.39 is 24.1 Å². The smallest absolute Gasteiger partial charge is 0.407 e. The molecule has 204 valence electrons. The maximum atomic E-state index is 13.9. The number of hydrogen-bond acceptors (Lipinski definition) is 8. The van der Waals surface area contributed by atoms with E-state index in [1.807, 2.05) is 0 Å². The molecule has 2 aliphatic rings. The Kier molecular flexibility index (Phi) is 8.98. The van der Waals surface area contributed by atoms with Crippen LogP contribution < -0.4 is 10.6 Å². The van der Waals surface area contributed by atoms with E-state index in [1.54, 1.807) is 22.4 Å². The van der Waals surface area contributed by atoms with E-state index in [0.29, 0.717) is 23.5 Å². The minimum Gasteiger partial charge on any atom is -0.508 e. The van der Waals surface area contributed by atoms with Gasteiger partial charge in [-0.2, -0.15) is 0 Å². The van der Waals surface area contributed by atoms with Gasteiger partial charge in [0.05, 0.1) is 6.04 Å². The van der Waals surface area contributed by atoms with Crippen molar-refractivity contribution in [1.29, 1.82) is 0 Å². The van der Waals surface area contributed by atoms with Gasteiger partial charge in [-0.3, -0.25) is 14.4 Å². The number of aromatic nitrogens is 1. The van der Waals surface area contributed by atoms with Gasteiger partial charge in [0.15, 0.2) is 6.10 Å². The van der Waals surface area contributed by atoms with Gasteiger partial charge in [0.1, 0.15) is 22.5 Å². The predicted octanol–water partition coefficient (Wildman–Crippen LogP) is 3.55. The Balaban J connectivity index is 1.52. The van der Waals surface area contributed by atoms with Crippen LogP contribution in [-0.2, 0) is 14.3 Å². The zero-order valence-corrected chi connectivity index (χ0v) is 22.5. The quantitative estimate of drug-likeness (QED) is 0.434. The molecule has 1 saturated heterocycles. The van der Waals surface area contributed by atoms with Crippen LogP contribution in [0.25, 0.3) is 0 Å². The fraction of sp³-hybridized carbons (Fsp3) is 0.519. The first-order valence-electron chi connectivity index (χ1n) is 13.1. The number of ketones is 1. The van der Waals surface area contributed by atoms with Gasteiger partial charge >= 0.3 is 6.09 Å². The summed E-state index contributed by atoms with van der Waals surface area (Å²) < 4.78 is 5.07. The van der Waals surface area contributed by atoms with Crippen LogP contribution in [0.4, 0.5) is 4.79 Å². The second-order valence-corrected chi connectivity index (χ2v) is 10.7. The molecule has 3 N–H and O–H groups in total. The van der Waals surface area contributed by atoms with Crippen molar-refractivity contribution in [3.8, 4) is 5.75 Å². The van der Waals surface area contributed by atoms with Gasteiger partial charge in [0.2, 0.25) is 11.7 Å². The maximum absolute atomic E-state index is 13.9. The number of likely N-dealkylation sites (tertiary alicyclic amines) is 1. The fourth-order valence-electron chi connectivity index (χ4n) is 5.20. The summed E-state index contributed by atoms with van der Waals surface area (Å²) in [6, 6.07) is 5.11. The summed E-state index contributed by atoms with van der Waals surface area (Å²) in [7, 11) is 1.41. The van der Waals surface area contributed by atoms with Crippen LogP contribution in [0.1, 0.15) is 79.0 Å². The van der Waals surface area contributed by atoms with Crippen molar-refractivity contribution in [2.75, 3.05) is 13.6 Å². The highest BCUT2D eigenvalue weighted by atomic mass is 32.1. The molecule has 0 radical (unpaired) electrons. The number of carbonyl (C=O) groups is 4. The lowest BCUT2D eigenvalue weighted by atomic mass is 9.83. The molecule has 2 aromatic rings. The molecule has 1 aliphatic heterocycles. The number of amides is 3. The molecular formula is C27H34N4O6S. The SMILES string of the molecule is CNC(=O)OC(C)C(=O)NC(C(=O)N1CCC[C@H]1c1nc(C(=O)c2cccc(O)c2)cs1)C1CCCCC1. The number of rotatable bonds is 8. The Morgan fingerprint density at radius 2 is 1.89 bits per heavy atom. The average molecular weight is 543 g/mol. The van der Waals surface area contributed by atoms with E-state index in [-0.39, 0.29) is 35.1 Å². The minimum atomic E-state index is -1.05. The number of hydrogen-bond donors (Lipinski definition) is 3. The number of nitrogens with zero attached hydrogens (tertiary/aromatic N) is 2. The lowest BCUT2D eigenvalue weighted by molar-refractivity contribution is -0.141.